The van der Waals surface area contributed by atoms with Gasteiger partial charge in [0.2, 0.25) is 0 Å². The molecule has 1 aliphatic rings. The average Bonchev–Trinajstić information content (AvgIpc) is 2.66. The number of nitrogens with zero attached hydrogens (tertiary/aromatic N) is 1. The first-order valence-corrected chi connectivity index (χ1v) is 7.52. The van der Waals surface area contributed by atoms with Crippen molar-refractivity contribution in [2.24, 2.45) is 11.8 Å². The van der Waals surface area contributed by atoms with Crippen molar-refractivity contribution in [1.82, 2.24) is 4.90 Å². The van der Waals surface area contributed by atoms with Gasteiger partial charge in [-0.15, -0.1) is 0 Å². The molecule has 0 radical (unpaired) electrons. The minimum atomic E-state index is -0.369. The van der Waals surface area contributed by atoms with Crippen molar-refractivity contribution < 1.29 is 5.11 Å². The molecule has 0 saturated carbocycles. The number of benzene rings is 1. The lowest BCUT2D eigenvalue weighted by atomic mass is 10.0. The summed E-state index contributed by atoms with van der Waals surface area (Å²) in [6.45, 7) is 7.95. The third-order valence-corrected chi connectivity index (χ3v) is 4.77. The molecule has 1 fully saturated rings. The SMILES string of the molecule is CC1CN(CCC(O)c2ccccc2Br)CC1C. The van der Waals surface area contributed by atoms with Gasteiger partial charge in [-0.2, -0.15) is 0 Å². The summed E-state index contributed by atoms with van der Waals surface area (Å²) >= 11 is 3.50. The van der Waals surface area contributed by atoms with Gasteiger partial charge in [-0.1, -0.05) is 48.0 Å². The van der Waals surface area contributed by atoms with Crippen LogP contribution in [0.3, 0.4) is 0 Å². The summed E-state index contributed by atoms with van der Waals surface area (Å²) in [4.78, 5) is 2.47. The topological polar surface area (TPSA) is 23.5 Å². The number of likely N-dealkylation sites (tertiary alicyclic amines) is 1. The molecule has 3 atom stereocenters. The zero-order valence-corrected chi connectivity index (χ0v) is 12.7. The van der Waals surface area contributed by atoms with E-state index in [0.717, 1.165) is 34.8 Å². The van der Waals surface area contributed by atoms with Gasteiger partial charge in [0.05, 0.1) is 6.10 Å². The zero-order valence-electron chi connectivity index (χ0n) is 11.1. The van der Waals surface area contributed by atoms with Crippen LogP contribution in [0.2, 0.25) is 0 Å². The third-order valence-electron chi connectivity index (χ3n) is 4.05. The molecule has 0 aliphatic carbocycles. The van der Waals surface area contributed by atoms with Gasteiger partial charge in [0, 0.05) is 24.1 Å². The first kappa shape index (κ1) is 14.0. The summed E-state index contributed by atoms with van der Waals surface area (Å²) in [5.74, 6) is 1.57. The summed E-state index contributed by atoms with van der Waals surface area (Å²) in [7, 11) is 0. The number of hydrogen-bond donors (Lipinski definition) is 1. The molecule has 0 spiro atoms. The van der Waals surface area contributed by atoms with Gasteiger partial charge in [-0.3, -0.25) is 0 Å². The first-order valence-electron chi connectivity index (χ1n) is 6.72. The van der Waals surface area contributed by atoms with Crippen molar-refractivity contribution in [2.75, 3.05) is 19.6 Å². The highest BCUT2D eigenvalue weighted by Gasteiger charge is 2.26. The molecule has 1 N–H and O–H groups in total. The van der Waals surface area contributed by atoms with E-state index in [0.29, 0.717) is 0 Å². The van der Waals surface area contributed by atoms with Gasteiger partial charge in [-0.05, 0) is 29.9 Å². The van der Waals surface area contributed by atoms with Crippen molar-refractivity contribution in [3.8, 4) is 0 Å². The van der Waals surface area contributed by atoms with E-state index in [-0.39, 0.29) is 6.10 Å². The summed E-state index contributed by atoms with van der Waals surface area (Å²) in [5.41, 5.74) is 0.998. The van der Waals surface area contributed by atoms with Gasteiger partial charge in [0.1, 0.15) is 0 Å². The normalized spacial score (nSPS) is 26.4. The van der Waals surface area contributed by atoms with Gasteiger partial charge < -0.3 is 10.0 Å². The summed E-state index contributed by atoms with van der Waals surface area (Å²) < 4.78 is 1.00. The van der Waals surface area contributed by atoms with Crippen LogP contribution in [-0.2, 0) is 0 Å². The van der Waals surface area contributed by atoms with Crippen molar-refractivity contribution in [3.05, 3.63) is 34.3 Å². The molecule has 0 aromatic heterocycles. The highest BCUT2D eigenvalue weighted by molar-refractivity contribution is 9.10. The quantitative estimate of drug-likeness (QED) is 0.920. The van der Waals surface area contributed by atoms with E-state index in [1.165, 1.54) is 13.1 Å². The summed E-state index contributed by atoms with van der Waals surface area (Å²) in [5, 5.41) is 10.2. The van der Waals surface area contributed by atoms with Gasteiger partial charge in [-0.25, -0.2) is 0 Å². The number of aliphatic hydroxyl groups is 1. The van der Waals surface area contributed by atoms with E-state index in [4.69, 9.17) is 0 Å². The zero-order chi connectivity index (χ0) is 13.1. The second kappa shape index (κ2) is 6.18. The Morgan fingerprint density at radius 2 is 1.89 bits per heavy atom. The fourth-order valence-corrected chi connectivity index (χ4v) is 3.19. The van der Waals surface area contributed by atoms with E-state index in [1.54, 1.807) is 0 Å². The third kappa shape index (κ3) is 3.34. The molecule has 2 nitrogen and oxygen atoms in total. The molecule has 1 aliphatic heterocycles. The molecule has 1 aromatic rings. The highest BCUT2D eigenvalue weighted by Crippen LogP contribution is 2.27. The smallest absolute Gasteiger partial charge is 0.0813 e. The average molecular weight is 312 g/mol. The van der Waals surface area contributed by atoms with Gasteiger partial charge in [0.25, 0.3) is 0 Å². The Bertz CT molecular complexity index is 386. The second-order valence-electron chi connectivity index (χ2n) is 5.54. The number of rotatable bonds is 4. The molecular formula is C15H22BrNO. The van der Waals surface area contributed by atoms with Crippen LogP contribution < -0.4 is 0 Å². The maximum atomic E-state index is 10.2. The van der Waals surface area contributed by atoms with Crippen LogP contribution in [0.15, 0.2) is 28.7 Å². The van der Waals surface area contributed by atoms with Crippen molar-refractivity contribution in [2.45, 2.75) is 26.4 Å². The fourth-order valence-electron chi connectivity index (χ4n) is 2.64. The van der Waals surface area contributed by atoms with Crippen LogP contribution in [0.25, 0.3) is 0 Å². The number of hydrogen-bond acceptors (Lipinski definition) is 2. The van der Waals surface area contributed by atoms with E-state index >= 15 is 0 Å². The van der Waals surface area contributed by atoms with Gasteiger partial charge >= 0.3 is 0 Å². The van der Waals surface area contributed by atoms with Crippen LogP contribution in [-0.4, -0.2) is 29.6 Å². The molecule has 3 unspecified atom stereocenters. The predicted octanol–water partition coefficient (Wildman–Crippen LogP) is 3.46. The Hall–Kier alpha value is -0.380. The van der Waals surface area contributed by atoms with E-state index in [1.807, 2.05) is 24.3 Å². The molecule has 100 valence electrons. The van der Waals surface area contributed by atoms with Crippen LogP contribution in [0.1, 0.15) is 31.9 Å². The minimum absolute atomic E-state index is 0.369. The second-order valence-corrected chi connectivity index (χ2v) is 6.39. The Balaban J connectivity index is 1.86. The molecule has 0 amide bonds. The van der Waals surface area contributed by atoms with Crippen molar-refractivity contribution in [1.29, 1.82) is 0 Å². The monoisotopic (exact) mass is 311 g/mol. The van der Waals surface area contributed by atoms with E-state index in [9.17, 15) is 5.11 Å². The van der Waals surface area contributed by atoms with Crippen molar-refractivity contribution in [3.63, 3.8) is 0 Å². The van der Waals surface area contributed by atoms with Crippen molar-refractivity contribution >= 4 is 15.9 Å². The Morgan fingerprint density at radius 1 is 1.28 bits per heavy atom. The lowest BCUT2D eigenvalue weighted by Gasteiger charge is -2.19. The maximum absolute atomic E-state index is 10.2. The first-order chi connectivity index (χ1) is 8.58. The number of aliphatic hydroxyl groups excluding tert-OH is 1. The Labute approximate surface area is 118 Å². The van der Waals surface area contributed by atoms with E-state index < -0.39 is 0 Å². The largest absolute Gasteiger partial charge is 0.388 e. The lowest BCUT2D eigenvalue weighted by molar-refractivity contribution is 0.147. The molecule has 1 saturated heterocycles. The fraction of sp³-hybridized carbons (Fsp3) is 0.600. The minimum Gasteiger partial charge on any atom is -0.388 e. The predicted molar refractivity (Wildman–Crippen MR) is 78.5 cm³/mol. The molecule has 1 heterocycles. The molecular weight excluding hydrogens is 290 g/mol. The van der Waals surface area contributed by atoms with Gasteiger partial charge in [0.15, 0.2) is 0 Å². The summed E-state index contributed by atoms with van der Waals surface area (Å²) in [6.07, 6.45) is 0.439. The van der Waals surface area contributed by atoms with Crippen LogP contribution in [0.4, 0.5) is 0 Å². The Morgan fingerprint density at radius 3 is 2.50 bits per heavy atom. The molecule has 0 bridgehead atoms. The van der Waals surface area contributed by atoms with Crippen LogP contribution >= 0.6 is 15.9 Å². The van der Waals surface area contributed by atoms with Crippen LogP contribution in [0, 0.1) is 11.8 Å². The summed E-state index contributed by atoms with van der Waals surface area (Å²) in [6, 6.07) is 7.93. The standard InChI is InChI=1S/C15H22BrNO/c1-11-9-17(10-12(11)2)8-7-15(18)13-5-3-4-6-14(13)16/h3-6,11-12,15,18H,7-10H2,1-2H3. The van der Waals surface area contributed by atoms with Crippen LogP contribution in [0.5, 0.6) is 0 Å². The molecule has 1 aromatic carbocycles. The lowest BCUT2D eigenvalue weighted by Crippen LogP contribution is -2.23. The highest BCUT2D eigenvalue weighted by atomic mass is 79.9. The molecule has 3 heteroatoms. The Kier molecular flexibility index (Phi) is 4.82. The number of halogens is 1. The molecule has 2 rings (SSSR count). The molecule has 18 heavy (non-hydrogen) atoms. The maximum Gasteiger partial charge on any atom is 0.0813 e. The van der Waals surface area contributed by atoms with E-state index in [2.05, 4.69) is 34.7 Å².